The van der Waals surface area contributed by atoms with Crippen molar-refractivity contribution in [1.82, 2.24) is 9.97 Å². The number of benzene rings is 1. The topological polar surface area (TPSA) is 90.1 Å². The molecule has 6 nitrogen and oxygen atoms in total. The molecule has 4 rings (SSSR count). The summed E-state index contributed by atoms with van der Waals surface area (Å²) in [6, 6.07) is 11.2. The molecule has 0 spiro atoms. The lowest BCUT2D eigenvalue weighted by molar-refractivity contribution is 0.112. The second-order valence-corrected chi connectivity index (χ2v) is 7.66. The van der Waals surface area contributed by atoms with Gasteiger partial charge in [0.25, 0.3) is 0 Å². The molecule has 0 bridgehead atoms. The first-order chi connectivity index (χ1) is 14.6. The Balaban J connectivity index is 0.000000216. The summed E-state index contributed by atoms with van der Waals surface area (Å²) < 4.78 is 5.75. The van der Waals surface area contributed by atoms with Crippen LogP contribution in [0.1, 0.15) is 48.2 Å². The van der Waals surface area contributed by atoms with Crippen LogP contribution >= 0.6 is 0 Å². The number of nitrogens with one attached hydrogen (secondary N) is 1. The highest BCUT2D eigenvalue weighted by Gasteiger charge is 2.14. The van der Waals surface area contributed by atoms with Crippen LogP contribution in [0, 0.1) is 12.8 Å². The summed E-state index contributed by atoms with van der Waals surface area (Å²) in [4.78, 5) is 19.3. The number of hydrogen-bond acceptors (Lipinski definition) is 6. The summed E-state index contributed by atoms with van der Waals surface area (Å²) in [5, 5.41) is 3.96. The van der Waals surface area contributed by atoms with E-state index in [1.165, 1.54) is 25.7 Å². The number of anilines is 2. The van der Waals surface area contributed by atoms with Crippen molar-refractivity contribution in [1.29, 1.82) is 0 Å². The molecule has 30 heavy (non-hydrogen) atoms. The maximum atomic E-state index is 10.7. The standard InChI is InChI=1S/C17H19NO2.C7H11N3/c19-12-14-5-7-16-15(11-14)6-8-17(18-16)20-10-9-13-3-1-2-4-13;1-5-7(9-2)3-6(8)4-10-5/h5-8,11-13H,1-4,9-10H2;3-4,9H,8H2,1-2H3. The van der Waals surface area contributed by atoms with Crippen LogP contribution in [0.4, 0.5) is 11.4 Å². The van der Waals surface area contributed by atoms with Gasteiger partial charge in [-0.15, -0.1) is 0 Å². The van der Waals surface area contributed by atoms with Gasteiger partial charge in [0.15, 0.2) is 0 Å². The number of nitrogens with two attached hydrogens (primary N) is 1. The second-order valence-electron chi connectivity index (χ2n) is 7.66. The van der Waals surface area contributed by atoms with Crippen molar-refractivity contribution in [3.63, 3.8) is 0 Å². The number of aryl methyl sites for hydroxylation is 1. The molecule has 1 saturated carbocycles. The Bertz CT molecular complexity index is 984. The van der Waals surface area contributed by atoms with Crippen molar-refractivity contribution in [2.75, 3.05) is 24.7 Å². The molecule has 3 aromatic rings. The highest BCUT2D eigenvalue weighted by atomic mass is 16.5. The number of carbonyl (C=O) groups excluding carboxylic acids is 1. The minimum absolute atomic E-state index is 0.675. The van der Waals surface area contributed by atoms with Crippen molar-refractivity contribution in [2.24, 2.45) is 5.92 Å². The van der Waals surface area contributed by atoms with Crippen molar-refractivity contribution in [2.45, 2.75) is 39.0 Å². The molecule has 1 fully saturated rings. The van der Waals surface area contributed by atoms with Crippen LogP contribution in [0.2, 0.25) is 0 Å². The third-order valence-electron chi connectivity index (χ3n) is 5.45. The molecule has 158 valence electrons. The van der Waals surface area contributed by atoms with Crippen LogP contribution < -0.4 is 15.8 Å². The Morgan fingerprint density at radius 2 is 2.00 bits per heavy atom. The molecule has 0 unspecified atom stereocenters. The van der Waals surface area contributed by atoms with E-state index in [0.717, 1.165) is 47.5 Å². The first-order valence-corrected chi connectivity index (χ1v) is 10.5. The van der Waals surface area contributed by atoms with Crippen LogP contribution in [-0.2, 0) is 0 Å². The molecule has 0 radical (unpaired) electrons. The maximum absolute atomic E-state index is 10.7. The summed E-state index contributed by atoms with van der Waals surface area (Å²) in [5.74, 6) is 1.51. The van der Waals surface area contributed by atoms with E-state index in [2.05, 4.69) is 15.3 Å². The minimum atomic E-state index is 0.675. The summed E-state index contributed by atoms with van der Waals surface area (Å²) in [7, 11) is 1.85. The van der Waals surface area contributed by atoms with E-state index in [1.54, 1.807) is 12.3 Å². The van der Waals surface area contributed by atoms with Gasteiger partial charge in [0.2, 0.25) is 5.88 Å². The Labute approximate surface area is 177 Å². The summed E-state index contributed by atoms with van der Waals surface area (Å²) >= 11 is 0. The molecule has 0 amide bonds. The lowest BCUT2D eigenvalue weighted by atomic mass is 10.1. The van der Waals surface area contributed by atoms with E-state index in [9.17, 15) is 4.79 Å². The molecule has 2 aromatic heterocycles. The lowest BCUT2D eigenvalue weighted by Gasteiger charge is -2.10. The van der Waals surface area contributed by atoms with Crippen molar-refractivity contribution in [3.05, 3.63) is 53.9 Å². The van der Waals surface area contributed by atoms with Crippen LogP contribution in [0.25, 0.3) is 10.9 Å². The quantitative estimate of drug-likeness (QED) is 0.559. The Hall–Kier alpha value is -3.15. The maximum Gasteiger partial charge on any atom is 0.213 e. The van der Waals surface area contributed by atoms with Crippen molar-refractivity contribution in [3.8, 4) is 5.88 Å². The van der Waals surface area contributed by atoms with Gasteiger partial charge in [-0.1, -0.05) is 25.7 Å². The fourth-order valence-corrected chi connectivity index (χ4v) is 3.71. The molecule has 2 heterocycles. The van der Waals surface area contributed by atoms with Gasteiger partial charge in [-0.2, -0.15) is 0 Å². The van der Waals surface area contributed by atoms with E-state index >= 15 is 0 Å². The number of fused-ring (bicyclic) bond motifs is 1. The van der Waals surface area contributed by atoms with E-state index in [0.29, 0.717) is 17.1 Å². The number of nitrogen functional groups attached to an aromatic ring is 1. The smallest absolute Gasteiger partial charge is 0.213 e. The number of carbonyl (C=O) groups is 1. The third-order valence-corrected chi connectivity index (χ3v) is 5.45. The molecule has 0 saturated heterocycles. The van der Waals surface area contributed by atoms with Crippen molar-refractivity contribution < 1.29 is 9.53 Å². The first-order valence-electron chi connectivity index (χ1n) is 10.5. The number of aldehydes is 1. The highest BCUT2D eigenvalue weighted by molar-refractivity contribution is 5.86. The molecular formula is C24H30N4O2. The van der Waals surface area contributed by atoms with Gasteiger partial charge in [0, 0.05) is 24.1 Å². The van der Waals surface area contributed by atoms with Gasteiger partial charge in [-0.05, 0) is 49.6 Å². The molecule has 1 aliphatic carbocycles. The summed E-state index contributed by atoms with van der Waals surface area (Å²) in [6.07, 6.45) is 9.08. The minimum Gasteiger partial charge on any atom is -0.478 e. The van der Waals surface area contributed by atoms with Gasteiger partial charge >= 0.3 is 0 Å². The fraction of sp³-hybridized carbons (Fsp3) is 0.375. The number of nitrogens with zero attached hydrogens (tertiary/aromatic N) is 2. The van der Waals surface area contributed by atoms with Gasteiger partial charge in [0.1, 0.15) is 6.29 Å². The van der Waals surface area contributed by atoms with E-state index < -0.39 is 0 Å². The van der Waals surface area contributed by atoms with E-state index in [4.69, 9.17) is 10.5 Å². The average Bonchev–Trinajstić information content (AvgIpc) is 3.29. The molecular weight excluding hydrogens is 376 g/mol. The Morgan fingerprint density at radius 3 is 2.70 bits per heavy atom. The molecule has 0 aliphatic heterocycles. The normalized spacial score (nSPS) is 13.5. The largest absolute Gasteiger partial charge is 0.478 e. The van der Waals surface area contributed by atoms with Crippen LogP contribution in [0.15, 0.2) is 42.6 Å². The lowest BCUT2D eigenvalue weighted by Crippen LogP contribution is -2.04. The molecule has 1 aromatic carbocycles. The molecule has 6 heteroatoms. The molecule has 1 aliphatic rings. The zero-order valence-corrected chi connectivity index (χ0v) is 17.7. The van der Waals surface area contributed by atoms with E-state index in [1.807, 2.05) is 44.3 Å². The number of ether oxygens (including phenoxy) is 1. The van der Waals surface area contributed by atoms with Crippen LogP contribution in [0.5, 0.6) is 5.88 Å². The highest BCUT2D eigenvalue weighted by Crippen LogP contribution is 2.27. The van der Waals surface area contributed by atoms with Crippen molar-refractivity contribution >= 4 is 28.6 Å². The number of hydrogen-bond donors (Lipinski definition) is 2. The SMILES string of the molecule is CNc1cc(N)cnc1C.O=Cc1ccc2nc(OCCC3CCCC3)ccc2c1. The predicted octanol–water partition coefficient (Wildman–Crippen LogP) is 5.02. The third kappa shape index (κ3) is 5.92. The average molecular weight is 407 g/mol. The number of rotatable bonds is 6. The van der Waals surface area contributed by atoms with Gasteiger partial charge < -0.3 is 15.8 Å². The molecule has 3 N–H and O–H groups in total. The van der Waals surface area contributed by atoms with Gasteiger partial charge in [-0.3, -0.25) is 9.78 Å². The number of aromatic nitrogens is 2. The predicted molar refractivity (Wildman–Crippen MR) is 122 cm³/mol. The Kier molecular flexibility index (Phi) is 7.60. The fourth-order valence-electron chi connectivity index (χ4n) is 3.71. The van der Waals surface area contributed by atoms with E-state index in [-0.39, 0.29) is 0 Å². The zero-order valence-electron chi connectivity index (χ0n) is 17.7. The monoisotopic (exact) mass is 406 g/mol. The van der Waals surface area contributed by atoms with Crippen LogP contribution in [-0.4, -0.2) is 29.9 Å². The van der Waals surface area contributed by atoms with Gasteiger partial charge in [0.05, 0.1) is 35.4 Å². The summed E-state index contributed by atoms with van der Waals surface area (Å²) in [5.41, 5.74) is 9.69. The second kappa shape index (κ2) is 10.6. The van der Waals surface area contributed by atoms with Gasteiger partial charge in [-0.25, -0.2) is 4.98 Å². The Morgan fingerprint density at radius 1 is 1.20 bits per heavy atom. The van der Waals surface area contributed by atoms with Crippen LogP contribution in [0.3, 0.4) is 0 Å². The number of pyridine rings is 2. The molecule has 0 atom stereocenters. The first kappa shape index (κ1) is 21.6. The zero-order chi connectivity index (χ0) is 21.3. The summed E-state index contributed by atoms with van der Waals surface area (Å²) in [6.45, 7) is 2.68.